The van der Waals surface area contributed by atoms with Crippen LogP contribution in [0.25, 0.3) is 10.4 Å². The van der Waals surface area contributed by atoms with E-state index in [2.05, 4.69) is 15.3 Å². The van der Waals surface area contributed by atoms with Gasteiger partial charge >= 0.3 is 0 Å². The van der Waals surface area contributed by atoms with Crippen molar-refractivity contribution in [2.45, 2.75) is 44.3 Å². The maximum Gasteiger partial charge on any atom is 0.167 e. The van der Waals surface area contributed by atoms with Crippen LogP contribution in [0.5, 0.6) is 0 Å². The summed E-state index contributed by atoms with van der Waals surface area (Å²) >= 11 is 0. The Morgan fingerprint density at radius 2 is 2.26 bits per heavy atom. The van der Waals surface area contributed by atoms with Crippen molar-refractivity contribution >= 4 is 0 Å². The van der Waals surface area contributed by atoms with Crippen molar-refractivity contribution in [3.63, 3.8) is 0 Å². The average Bonchev–Trinajstić information content (AvgIpc) is 2.77. The molecule has 108 valence electrons. The second-order valence-electron chi connectivity index (χ2n) is 4.98. The minimum absolute atomic E-state index is 0.0712. The van der Waals surface area contributed by atoms with Gasteiger partial charge < -0.3 is 20.1 Å². The molecule has 0 bridgehead atoms. The van der Waals surface area contributed by atoms with Gasteiger partial charge in [-0.05, 0) is 12.0 Å². The van der Waals surface area contributed by atoms with Crippen LogP contribution in [0.3, 0.4) is 0 Å². The number of hydrogen-bond donors (Lipinski definition) is 4. The first-order chi connectivity index (χ1) is 9.06. The fourth-order valence-electron chi connectivity index (χ4n) is 2.49. The van der Waals surface area contributed by atoms with Crippen molar-refractivity contribution < 1.29 is 20.1 Å². The molecule has 6 atom stereocenters. The maximum absolute atomic E-state index is 9.90. The van der Waals surface area contributed by atoms with Crippen molar-refractivity contribution in [1.82, 2.24) is 10.2 Å². The molecule has 2 saturated heterocycles. The number of aliphatic hydroxyl groups is 3. The lowest BCUT2D eigenvalue weighted by Crippen LogP contribution is -2.62. The molecule has 4 N–H and O–H groups in total. The largest absolute Gasteiger partial charge is 0.394 e. The first-order valence-electron chi connectivity index (χ1n) is 6.25. The van der Waals surface area contributed by atoms with Crippen LogP contribution in [0.15, 0.2) is 5.11 Å². The molecule has 2 heterocycles. The summed E-state index contributed by atoms with van der Waals surface area (Å²) in [6.07, 6.45) is -2.41. The van der Waals surface area contributed by atoms with Crippen molar-refractivity contribution in [2.75, 3.05) is 13.2 Å². The van der Waals surface area contributed by atoms with Crippen LogP contribution < -0.4 is 5.32 Å². The van der Waals surface area contributed by atoms with Crippen molar-refractivity contribution in [2.24, 2.45) is 11.0 Å². The van der Waals surface area contributed by atoms with Gasteiger partial charge in [-0.3, -0.25) is 5.32 Å². The van der Waals surface area contributed by atoms with E-state index in [0.29, 0.717) is 13.0 Å². The highest BCUT2D eigenvalue weighted by Crippen LogP contribution is 2.28. The fourth-order valence-corrected chi connectivity index (χ4v) is 2.49. The highest BCUT2D eigenvalue weighted by molar-refractivity contribution is 4.90. The SMILES string of the molecule is CC1CN([C@H]2C[C@@H](N=[N+]=[N-])[C@@H](CO)O2)[C@@H](O)N[C@H]1O. The van der Waals surface area contributed by atoms with E-state index in [4.69, 9.17) is 10.3 Å². The highest BCUT2D eigenvalue weighted by atomic mass is 16.5. The minimum atomic E-state index is -1.03. The Bertz CT molecular complexity index is 364. The lowest BCUT2D eigenvalue weighted by molar-refractivity contribution is -0.188. The van der Waals surface area contributed by atoms with Gasteiger partial charge in [0.2, 0.25) is 0 Å². The molecule has 1 unspecified atom stereocenters. The molecular weight excluding hydrogens is 254 g/mol. The lowest BCUT2D eigenvalue weighted by atomic mass is 10.1. The van der Waals surface area contributed by atoms with Crippen LogP contribution in [0, 0.1) is 5.92 Å². The Morgan fingerprint density at radius 3 is 2.89 bits per heavy atom. The first-order valence-corrected chi connectivity index (χ1v) is 6.25. The zero-order valence-corrected chi connectivity index (χ0v) is 10.6. The van der Waals surface area contributed by atoms with Crippen LogP contribution in [0.1, 0.15) is 13.3 Å². The Morgan fingerprint density at radius 1 is 1.53 bits per heavy atom. The molecule has 0 radical (unpaired) electrons. The van der Waals surface area contributed by atoms with Gasteiger partial charge in [-0.1, -0.05) is 12.0 Å². The van der Waals surface area contributed by atoms with Crippen LogP contribution in [-0.2, 0) is 4.74 Å². The van der Waals surface area contributed by atoms with E-state index < -0.39 is 31.0 Å². The molecule has 2 aliphatic rings. The van der Waals surface area contributed by atoms with Crippen LogP contribution in [0.2, 0.25) is 0 Å². The Hall–Kier alpha value is -0.930. The number of nitrogens with one attached hydrogen (secondary N) is 1. The zero-order chi connectivity index (χ0) is 14.0. The summed E-state index contributed by atoms with van der Waals surface area (Å²) in [6.45, 7) is 2.05. The molecule has 2 aliphatic heterocycles. The molecule has 0 aromatic carbocycles. The summed E-state index contributed by atoms with van der Waals surface area (Å²) in [5.74, 6) is -0.0712. The topological polar surface area (TPSA) is 134 Å². The standard InChI is InChI=1S/C10H19N5O4/c1-5-3-15(10(18)12-9(5)17)8-2-6(13-14-11)7(4-16)19-8/h5-10,12,16-18H,2-4H2,1H3/t5?,6-,7-,8-,9+,10+/m1/s1. The van der Waals surface area contributed by atoms with Gasteiger partial charge in [-0.15, -0.1) is 0 Å². The molecule has 0 saturated carbocycles. The van der Waals surface area contributed by atoms with Crippen LogP contribution >= 0.6 is 0 Å². The predicted octanol–water partition coefficient (Wildman–Crippen LogP) is -1.09. The van der Waals surface area contributed by atoms with Gasteiger partial charge in [0.25, 0.3) is 0 Å². The molecule has 0 amide bonds. The number of aliphatic hydroxyl groups excluding tert-OH is 3. The second kappa shape index (κ2) is 6.02. The lowest BCUT2D eigenvalue weighted by Gasteiger charge is -2.41. The monoisotopic (exact) mass is 273 g/mol. The molecule has 0 aromatic rings. The van der Waals surface area contributed by atoms with E-state index in [9.17, 15) is 15.3 Å². The van der Waals surface area contributed by atoms with Gasteiger partial charge in [0.15, 0.2) is 6.35 Å². The number of hydrogen-bond acceptors (Lipinski definition) is 7. The van der Waals surface area contributed by atoms with E-state index in [-0.39, 0.29) is 12.5 Å². The molecule has 0 aliphatic carbocycles. The Balaban J connectivity index is 2.04. The van der Waals surface area contributed by atoms with E-state index >= 15 is 0 Å². The predicted molar refractivity (Wildman–Crippen MR) is 64.3 cm³/mol. The average molecular weight is 273 g/mol. The molecule has 2 rings (SSSR count). The number of rotatable bonds is 3. The van der Waals surface area contributed by atoms with Gasteiger partial charge in [0.1, 0.15) is 12.5 Å². The summed E-state index contributed by atoms with van der Waals surface area (Å²) in [5, 5.41) is 34.9. The summed E-state index contributed by atoms with van der Waals surface area (Å²) in [4.78, 5) is 4.38. The molecule has 9 heteroatoms. The second-order valence-corrected chi connectivity index (χ2v) is 4.98. The van der Waals surface area contributed by atoms with Gasteiger partial charge in [-0.2, -0.15) is 0 Å². The van der Waals surface area contributed by atoms with Crippen LogP contribution in [0.4, 0.5) is 0 Å². The van der Waals surface area contributed by atoms with Gasteiger partial charge in [0.05, 0.1) is 18.8 Å². The summed E-state index contributed by atoms with van der Waals surface area (Å²) in [7, 11) is 0. The normalized spacial score (nSPS) is 44.0. The molecule has 0 spiro atoms. The Kier molecular flexibility index (Phi) is 4.58. The molecule has 0 aromatic heterocycles. The third-order valence-corrected chi connectivity index (χ3v) is 3.63. The van der Waals surface area contributed by atoms with Crippen molar-refractivity contribution in [1.29, 1.82) is 0 Å². The maximum atomic E-state index is 9.90. The molecule has 9 nitrogen and oxygen atoms in total. The van der Waals surface area contributed by atoms with E-state index in [0.717, 1.165) is 0 Å². The van der Waals surface area contributed by atoms with Crippen molar-refractivity contribution in [3.8, 4) is 0 Å². The Labute approximate surface area is 110 Å². The first kappa shape index (κ1) is 14.5. The minimum Gasteiger partial charge on any atom is -0.394 e. The quantitative estimate of drug-likeness (QED) is 0.293. The smallest absolute Gasteiger partial charge is 0.167 e. The fraction of sp³-hybridized carbons (Fsp3) is 1.00. The molecular formula is C10H19N5O4. The summed E-state index contributed by atoms with van der Waals surface area (Å²) < 4.78 is 5.60. The number of ether oxygens (including phenoxy) is 1. The zero-order valence-electron chi connectivity index (χ0n) is 10.6. The third-order valence-electron chi connectivity index (χ3n) is 3.63. The molecule has 2 fully saturated rings. The summed E-state index contributed by atoms with van der Waals surface area (Å²) in [6, 6.07) is -0.450. The third kappa shape index (κ3) is 2.98. The summed E-state index contributed by atoms with van der Waals surface area (Å²) in [5.41, 5.74) is 8.48. The van der Waals surface area contributed by atoms with Crippen LogP contribution in [-0.4, -0.2) is 64.3 Å². The van der Waals surface area contributed by atoms with Crippen molar-refractivity contribution in [3.05, 3.63) is 10.4 Å². The highest BCUT2D eigenvalue weighted by Gasteiger charge is 2.42. The molecule has 19 heavy (non-hydrogen) atoms. The number of azide groups is 1. The van der Waals surface area contributed by atoms with E-state index in [1.54, 1.807) is 4.90 Å². The van der Waals surface area contributed by atoms with E-state index in [1.807, 2.05) is 6.92 Å². The van der Waals surface area contributed by atoms with E-state index in [1.165, 1.54) is 0 Å². The van der Waals surface area contributed by atoms with Gasteiger partial charge in [0, 0.05) is 17.4 Å². The van der Waals surface area contributed by atoms with Gasteiger partial charge in [-0.25, -0.2) is 4.90 Å². The number of nitrogens with zero attached hydrogens (tertiary/aromatic N) is 4.